The zero-order chi connectivity index (χ0) is 53.7. The number of fused-ring (bicyclic) bond motifs is 2. The van der Waals surface area contributed by atoms with Crippen molar-refractivity contribution in [1.82, 2.24) is 30.4 Å². The Hall–Kier alpha value is -7.12. The molecule has 2 aromatic heterocycles. The summed E-state index contributed by atoms with van der Waals surface area (Å²) in [5.74, 6) is -1.24. The summed E-state index contributed by atoms with van der Waals surface area (Å²) in [7, 11) is 3.23. The Kier molecular flexibility index (Phi) is 16.4. The average molecular weight is 1050 g/mol. The number of hydrogen-bond donors (Lipinski definition) is 6. The first-order valence-electron chi connectivity index (χ1n) is 26.9. The number of aromatic nitrogens is 2. The van der Waals surface area contributed by atoms with Crippen LogP contribution in [-0.4, -0.2) is 116 Å². The molecule has 0 spiro atoms. The van der Waals surface area contributed by atoms with Gasteiger partial charge < -0.3 is 59.2 Å². The highest BCUT2D eigenvalue weighted by Gasteiger charge is 2.49. The van der Waals surface area contributed by atoms with Gasteiger partial charge in [0.2, 0.25) is 11.8 Å². The van der Waals surface area contributed by atoms with E-state index in [1.807, 2.05) is 66.7 Å². The van der Waals surface area contributed by atoms with E-state index in [2.05, 4.69) is 38.8 Å². The Labute approximate surface area is 447 Å². The van der Waals surface area contributed by atoms with Gasteiger partial charge >= 0.3 is 0 Å². The predicted molar refractivity (Wildman–Crippen MR) is 279 cm³/mol. The number of nitrogens with one attached hydrogen (secondary N) is 2. The van der Waals surface area contributed by atoms with Crippen LogP contribution in [0.3, 0.4) is 0 Å². The summed E-state index contributed by atoms with van der Waals surface area (Å²) in [6.07, 6.45) is 6.72. The van der Waals surface area contributed by atoms with Gasteiger partial charge in [-0.3, -0.25) is 19.2 Å². The van der Waals surface area contributed by atoms with Crippen LogP contribution in [-0.2, 0) is 56.3 Å². The minimum atomic E-state index is -2.06. The number of rotatable bonds is 19. The standard InChI is InChI=1S/C59H68N6O12/c1-74-46-17-9-4-12-38(46)27-40-32-76-48(62-40)29-60-56(70)52(66)54(68)58(72)64-26-25-34-11-3-6-14-42(34)50(64)36-21-19-35(20-22-36)45-31-65(51(37-23-24-37)44-16-8-7-15-43(44)45)59(73)55(69)53(67)57(71)61-30-49-63-41(33-77-49)28-39-13-5-10-18-47(39)75-2/h3-8,10-16,18,32-33,35-37,45,50-55,66-69H,9,17,19-31H2,1-2H3,(H,60,70)(H,61,71)/t35?,36?,45?,50?,51?,52-,53-,54-,55-/m1/s1. The summed E-state index contributed by atoms with van der Waals surface area (Å²) in [6.45, 7) is 0.237. The minimum Gasteiger partial charge on any atom is -0.501 e. The molecule has 3 aliphatic carbocycles. The van der Waals surface area contributed by atoms with E-state index in [4.69, 9.17) is 18.3 Å². The molecule has 6 N–H and O–H groups in total. The number of ether oxygens (including phenoxy) is 2. The molecule has 10 rings (SSSR count). The van der Waals surface area contributed by atoms with Crippen molar-refractivity contribution in [3.05, 3.63) is 160 Å². The number of methoxy groups -OCH3 is 2. The summed E-state index contributed by atoms with van der Waals surface area (Å²) in [4.78, 5) is 67.8. The molecule has 0 saturated heterocycles. The van der Waals surface area contributed by atoms with Gasteiger partial charge in [-0.2, -0.15) is 0 Å². The number of hydrogen-bond acceptors (Lipinski definition) is 14. The molecule has 406 valence electrons. The molecule has 4 heterocycles. The maximum atomic E-state index is 14.5. The van der Waals surface area contributed by atoms with Crippen LogP contribution in [0.15, 0.2) is 118 Å². The fraction of sp³-hybridized carbons (Fsp3) is 0.458. The molecule has 2 saturated carbocycles. The number of para-hydroxylation sites is 1. The van der Waals surface area contributed by atoms with Crippen LogP contribution in [0.4, 0.5) is 0 Å². The molecule has 0 radical (unpaired) electrons. The highest BCUT2D eigenvalue weighted by molar-refractivity contribution is 5.92. The average Bonchev–Trinajstić information content (AvgIpc) is 4.07. The molecule has 2 fully saturated rings. The van der Waals surface area contributed by atoms with Gasteiger partial charge in [0.25, 0.3) is 23.6 Å². The largest absolute Gasteiger partial charge is 0.501 e. The van der Waals surface area contributed by atoms with Crippen molar-refractivity contribution in [3.8, 4) is 5.75 Å². The normalized spacial score (nSPS) is 22.8. The quantitative estimate of drug-likeness (QED) is 0.0603. The third kappa shape index (κ3) is 11.6. The van der Waals surface area contributed by atoms with E-state index >= 15 is 0 Å². The molecule has 2 aliphatic heterocycles. The Morgan fingerprint density at radius 2 is 1.18 bits per heavy atom. The van der Waals surface area contributed by atoms with Crippen molar-refractivity contribution in [2.75, 3.05) is 27.3 Å². The number of benzene rings is 3. The molecule has 18 nitrogen and oxygen atoms in total. The van der Waals surface area contributed by atoms with Crippen molar-refractivity contribution >= 4 is 23.6 Å². The topological polar surface area (TPSA) is 250 Å². The molecule has 4 amide bonds. The lowest BCUT2D eigenvalue weighted by Crippen LogP contribution is -2.54. The Morgan fingerprint density at radius 3 is 1.82 bits per heavy atom. The van der Waals surface area contributed by atoms with Crippen molar-refractivity contribution in [2.45, 2.75) is 126 Å². The summed E-state index contributed by atoms with van der Waals surface area (Å²) in [5.41, 5.74) is 7.36. The molecule has 77 heavy (non-hydrogen) atoms. The zero-order valence-electron chi connectivity index (χ0n) is 43.5. The van der Waals surface area contributed by atoms with Gasteiger partial charge in [0.1, 0.15) is 18.3 Å². The van der Waals surface area contributed by atoms with Crippen LogP contribution >= 0.6 is 0 Å². The number of aliphatic hydroxyl groups excluding tert-OH is 4. The summed E-state index contributed by atoms with van der Waals surface area (Å²) in [5, 5.41) is 50.4. The third-order valence-corrected chi connectivity index (χ3v) is 16.3. The van der Waals surface area contributed by atoms with Crippen molar-refractivity contribution in [2.24, 2.45) is 17.8 Å². The molecule has 5 aromatic rings. The number of aliphatic hydroxyl groups is 4. The van der Waals surface area contributed by atoms with Crippen LogP contribution in [0.2, 0.25) is 0 Å². The Morgan fingerprint density at radius 1 is 0.636 bits per heavy atom. The van der Waals surface area contributed by atoms with Crippen LogP contribution in [0.25, 0.3) is 0 Å². The molecule has 18 heteroatoms. The molecule has 0 bridgehead atoms. The number of carbonyl (C=O) groups is 4. The maximum absolute atomic E-state index is 14.5. The van der Waals surface area contributed by atoms with Crippen molar-refractivity contribution < 1.29 is 57.9 Å². The molecular formula is C59H68N6O12. The second-order valence-corrected chi connectivity index (χ2v) is 21.0. The van der Waals surface area contributed by atoms with E-state index in [0.29, 0.717) is 49.2 Å². The highest BCUT2D eigenvalue weighted by atomic mass is 16.5. The van der Waals surface area contributed by atoms with Gasteiger partial charge in [-0.25, -0.2) is 9.97 Å². The summed E-state index contributed by atoms with van der Waals surface area (Å²) >= 11 is 0. The third-order valence-electron chi connectivity index (χ3n) is 16.3. The molecule has 3 unspecified atom stereocenters. The summed E-state index contributed by atoms with van der Waals surface area (Å²) in [6, 6.07) is 22.9. The van der Waals surface area contributed by atoms with Gasteiger partial charge in [0.05, 0.1) is 56.5 Å². The van der Waals surface area contributed by atoms with E-state index in [-0.39, 0.29) is 67.7 Å². The smallest absolute Gasteiger partial charge is 0.255 e. The molecule has 3 aromatic carbocycles. The fourth-order valence-electron chi connectivity index (χ4n) is 12.3. The van der Waals surface area contributed by atoms with Gasteiger partial charge in [-0.15, -0.1) is 0 Å². The lowest BCUT2D eigenvalue weighted by molar-refractivity contribution is -0.157. The molecule has 7 atom stereocenters. The van der Waals surface area contributed by atoms with E-state index in [1.165, 1.54) is 12.5 Å². The maximum Gasteiger partial charge on any atom is 0.255 e. The van der Waals surface area contributed by atoms with E-state index < -0.39 is 54.1 Å². The first kappa shape index (κ1) is 53.3. The van der Waals surface area contributed by atoms with Gasteiger partial charge in [0, 0.05) is 43.8 Å². The van der Waals surface area contributed by atoms with Gasteiger partial charge in [-0.1, -0.05) is 78.9 Å². The lowest BCUT2D eigenvalue weighted by atomic mass is 9.67. The van der Waals surface area contributed by atoms with Crippen LogP contribution in [0.5, 0.6) is 5.75 Å². The second kappa shape index (κ2) is 23.6. The zero-order valence-corrected chi connectivity index (χ0v) is 43.5. The number of carbonyl (C=O) groups excluding carboxylic acids is 4. The predicted octanol–water partition coefficient (Wildman–Crippen LogP) is 5.44. The van der Waals surface area contributed by atoms with Gasteiger partial charge in [0.15, 0.2) is 24.4 Å². The highest BCUT2D eigenvalue weighted by Crippen LogP contribution is 2.53. The van der Waals surface area contributed by atoms with Crippen LogP contribution in [0.1, 0.15) is 120 Å². The number of nitrogens with zero attached hydrogens (tertiary/aromatic N) is 4. The molecular weight excluding hydrogens is 985 g/mol. The van der Waals surface area contributed by atoms with Crippen molar-refractivity contribution in [1.29, 1.82) is 0 Å². The monoisotopic (exact) mass is 1050 g/mol. The van der Waals surface area contributed by atoms with E-state index in [1.54, 1.807) is 24.0 Å². The van der Waals surface area contributed by atoms with Gasteiger partial charge in [-0.05, 0) is 103 Å². The first-order valence-corrected chi connectivity index (χ1v) is 26.9. The number of amides is 4. The SMILES string of the molecule is COC1=C(Cc2coc(CNC(=O)[C@H](O)[C@@H](O)C(=O)N3CCc4ccccc4C3C3CCC(C4CN(C(=O)[C@H](O)[C@@H](O)C(=O)NCc5nc(Cc6ccccc6OC)co5)C(C5CC5)c5ccccc54)CC3)n2)C=CCC1. The Bertz CT molecular complexity index is 2990. The fourth-order valence-corrected chi connectivity index (χ4v) is 12.3. The van der Waals surface area contributed by atoms with Crippen molar-refractivity contribution in [3.63, 3.8) is 0 Å². The van der Waals surface area contributed by atoms with E-state index in [0.717, 1.165) is 77.7 Å². The Balaban J connectivity index is 0.782. The number of oxazole rings is 2. The van der Waals surface area contributed by atoms with Crippen LogP contribution < -0.4 is 15.4 Å². The number of allylic oxidation sites excluding steroid dienone is 4. The van der Waals surface area contributed by atoms with E-state index in [9.17, 15) is 39.6 Å². The first-order chi connectivity index (χ1) is 37.4. The van der Waals surface area contributed by atoms with Crippen LogP contribution in [0, 0.1) is 17.8 Å². The second-order valence-electron chi connectivity index (χ2n) is 21.0. The molecule has 5 aliphatic rings. The minimum absolute atomic E-state index is 0.0320. The lowest BCUT2D eigenvalue weighted by Gasteiger charge is -2.48. The summed E-state index contributed by atoms with van der Waals surface area (Å²) < 4.78 is 22.1.